The standard InChI is InChI=1S/C13H9F2NO3/c14-9-4-3-7-11(10(9)15)16(6-1-2-6)5-8(12(7)17)13(18)19/h3-6H,1-2H2,(H,18,19). The average Bonchev–Trinajstić information content (AvgIpc) is 3.18. The summed E-state index contributed by atoms with van der Waals surface area (Å²) in [7, 11) is 0. The molecule has 1 N–H and O–H groups in total. The molecule has 2 aromatic rings. The van der Waals surface area contributed by atoms with Crippen molar-refractivity contribution in [2.24, 2.45) is 0 Å². The van der Waals surface area contributed by atoms with Crippen molar-refractivity contribution >= 4 is 16.9 Å². The lowest BCUT2D eigenvalue weighted by molar-refractivity contribution is 0.0695. The van der Waals surface area contributed by atoms with Gasteiger partial charge >= 0.3 is 5.97 Å². The molecule has 0 amide bonds. The van der Waals surface area contributed by atoms with Gasteiger partial charge in [-0.25, -0.2) is 13.6 Å². The van der Waals surface area contributed by atoms with E-state index in [1.54, 1.807) is 0 Å². The van der Waals surface area contributed by atoms with Gasteiger partial charge in [-0.05, 0) is 25.0 Å². The van der Waals surface area contributed by atoms with Gasteiger partial charge in [0.1, 0.15) is 5.56 Å². The number of halogens is 2. The maximum atomic E-state index is 13.9. The van der Waals surface area contributed by atoms with E-state index >= 15 is 0 Å². The topological polar surface area (TPSA) is 59.3 Å². The van der Waals surface area contributed by atoms with Crippen LogP contribution < -0.4 is 5.43 Å². The van der Waals surface area contributed by atoms with Gasteiger partial charge in [0.05, 0.1) is 5.52 Å². The Morgan fingerprint density at radius 2 is 2.00 bits per heavy atom. The fourth-order valence-electron chi connectivity index (χ4n) is 2.18. The van der Waals surface area contributed by atoms with Gasteiger partial charge in [-0.15, -0.1) is 0 Å². The van der Waals surface area contributed by atoms with Crippen LogP contribution in [0.25, 0.3) is 10.9 Å². The summed E-state index contributed by atoms with van der Waals surface area (Å²) >= 11 is 0. The van der Waals surface area contributed by atoms with Crippen LogP contribution in [-0.2, 0) is 0 Å². The predicted octanol–water partition coefficient (Wildman–Crippen LogP) is 2.31. The summed E-state index contributed by atoms with van der Waals surface area (Å²) in [5.41, 5.74) is -1.37. The Kier molecular flexibility index (Phi) is 2.41. The van der Waals surface area contributed by atoms with Gasteiger partial charge in [0.15, 0.2) is 11.6 Å². The summed E-state index contributed by atoms with van der Waals surface area (Å²) in [6, 6.07) is 1.89. The number of hydrogen-bond donors (Lipinski definition) is 1. The fraction of sp³-hybridized carbons (Fsp3) is 0.231. The summed E-state index contributed by atoms with van der Waals surface area (Å²) < 4.78 is 28.5. The highest BCUT2D eigenvalue weighted by Crippen LogP contribution is 2.37. The average molecular weight is 265 g/mol. The highest BCUT2D eigenvalue weighted by molar-refractivity contribution is 5.92. The first-order valence-corrected chi connectivity index (χ1v) is 5.77. The zero-order valence-corrected chi connectivity index (χ0v) is 9.69. The zero-order chi connectivity index (χ0) is 13.7. The van der Waals surface area contributed by atoms with Gasteiger partial charge in [0.25, 0.3) is 0 Å². The van der Waals surface area contributed by atoms with Crippen molar-refractivity contribution in [3.05, 3.63) is 45.8 Å². The molecule has 1 heterocycles. The van der Waals surface area contributed by atoms with Crippen molar-refractivity contribution in [2.75, 3.05) is 0 Å². The Morgan fingerprint density at radius 3 is 2.58 bits per heavy atom. The largest absolute Gasteiger partial charge is 0.477 e. The van der Waals surface area contributed by atoms with Gasteiger partial charge in [0.2, 0.25) is 5.43 Å². The molecule has 1 aliphatic rings. The van der Waals surface area contributed by atoms with Crippen molar-refractivity contribution in [3.8, 4) is 0 Å². The van der Waals surface area contributed by atoms with Crippen molar-refractivity contribution in [1.29, 1.82) is 0 Å². The van der Waals surface area contributed by atoms with Crippen LogP contribution in [0, 0.1) is 11.6 Å². The van der Waals surface area contributed by atoms with Crippen molar-refractivity contribution in [3.63, 3.8) is 0 Å². The summed E-state index contributed by atoms with van der Waals surface area (Å²) in [6.07, 6.45) is 2.62. The second-order valence-corrected chi connectivity index (χ2v) is 4.57. The van der Waals surface area contributed by atoms with E-state index in [-0.39, 0.29) is 16.9 Å². The summed E-state index contributed by atoms with van der Waals surface area (Å²) in [5, 5.41) is 8.89. The monoisotopic (exact) mass is 265 g/mol. The number of aromatic carboxylic acids is 1. The van der Waals surface area contributed by atoms with E-state index in [1.165, 1.54) is 4.57 Å². The first-order chi connectivity index (χ1) is 9.00. The molecule has 19 heavy (non-hydrogen) atoms. The minimum Gasteiger partial charge on any atom is -0.477 e. The van der Waals surface area contributed by atoms with Crippen LogP contribution in [0.5, 0.6) is 0 Å². The van der Waals surface area contributed by atoms with Gasteiger partial charge in [-0.2, -0.15) is 0 Å². The van der Waals surface area contributed by atoms with Crippen LogP contribution in [0.4, 0.5) is 8.78 Å². The van der Waals surface area contributed by atoms with Crippen molar-refractivity contribution < 1.29 is 18.7 Å². The van der Waals surface area contributed by atoms with Gasteiger partial charge in [-0.3, -0.25) is 4.79 Å². The number of rotatable bonds is 2. The molecule has 1 aliphatic carbocycles. The molecule has 1 saturated carbocycles. The Bertz CT molecular complexity index is 763. The van der Waals surface area contributed by atoms with Crippen LogP contribution in [0.2, 0.25) is 0 Å². The van der Waals surface area contributed by atoms with E-state index in [0.29, 0.717) is 0 Å². The third kappa shape index (κ3) is 1.71. The maximum absolute atomic E-state index is 13.9. The molecule has 0 bridgehead atoms. The summed E-state index contributed by atoms with van der Waals surface area (Å²) in [6.45, 7) is 0. The molecule has 6 heteroatoms. The lowest BCUT2D eigenvalue weighted by Gasteiger charge is -2.12. The van der Waals surface area contributed by atoms with Crippen LogP contribution in [-0.4, -0.2) is 15.6 Å². The summed E-state index contributed by atoms with van der Waals surface area (Å²) in [5.74, 6) is -3.53. The molecule has 0 spiro atoms. The second-order valence-electron chi connectivity index (χ2n) is 4.57. The number of pyridine rings is 1. The molecule has 1 fully saturated rings. The minimum atomic E-state index is -1.37. The zero-order valence-electron chi connectivity index (χ0n) is 9.69. The lowest BCUT2D eigenvalue weighted by Crippen LogP contribution is -2.19. The number of nitrogens with zero attached hydrogens (tertiary/aromatic N) is 1. The van der Waals surface area contributed by atoms with E-state index < -0.39 is 28.6 Å². The van der Waals surface area contributed by atoms with Gasteiger partial charge in [0, 0.05) is 17.6 Å². The molecule has 0 atom stereocenters. The highest BCUT2D eigenvalue weighted by Gasteiger charge is 2.28. The van der Waals surface area contributed by atoms with E-state index in [1.807, 2.05) is 0 Å². The molecule has 0 unspecified atom stereocenters. The Morgan fingerprint density at radius 1 is 1.32 bits per heavy atom. The normalized spacial score (nSPS) is 14.8. The van der Waals surface area contributed by atoms with Crippen LogP contribution >= 0.6 is 0 Å². The third-order valence-electron chi connectivity index (χ3n) is 3.26. The molecular weight excluding hydrogens is 256 g/mol. The van der Waals surface area contributed by atoms with E-state index in [4.69, 9.17) is 5.11 Å². The highest BCUT2D eigenvalue weighted by atomic mass is 19.2. The molecule has 4 nitrogen and oxygen atoms in total. The third-order valence-corrected chi connectivity index (χ3v) is 3.26. The van der Waals surface area contributed by atoms with Crippen molar-refractivity contribution in [2.45, 2.75) is 18.9 Å². The number of carbonyl (C=O) groups is 1. The fourth-order valence-corrected chi connectivity index (χ4v) is 2.18. The Hall–Kier alpha value is -2.24. The first-order valence-electron chi connectivity index (χ1n) is 5.77. The molecule has 3 rings (SSSR count). The number of carboxylic acid groups (broad SMARTS) is 1. The Balaban J connectivity index is 2.49. The number of aromatic nitrogens is 1. The van der Waals surface area contributed by atoms with E-state index in [9.17, 15) is 18.4 Å². The lowest BCUT2D eigenvalue weighted by atomic mass is 10.1. The molecular formula is C13H9F2NO3. The molecule has 0 aliphatic heterocycles. The second kappa shape index (κ2) is 3.88. The number of benzene rings is 1. The first kappa shape index (κ1) is 11.8. The van der Waals surface area contributed by atoms with Gasteiger partial charge < -0.3 is 9.67 Å². The maximum Gasteiger partial charge on any atom is 0.341 e. The molecule has 1 aromatic carbocycles. The predicted molar refractivity (Wildman–Crippen MR) is 63.4 cm³/mol. The molecule has 0 saturated heterocycles. The minimum absolute atomic E-state index is 0.0718. The number of fused-ring (bicyclic) bond motifs is 1. The van der Waals surface area contributed by atoms with E-state index in [0.717, 1.165) is 31.2 Å². The van der Waals surface area contributed by atoms with Gasteiger partial charge in [-0.1, -0.05) is 0 Å². The SMILES string of the molecule is O=C(O)c1cn(C2CC2)c2c(F)c(F)ccc2c1=O. The smallest absolute Gasteiger partial charge is 0.341 e. The number of carboxylic acids is 1. The molecule has 98 valence electrons. The van der Waals surface area contributed by atoms with E-state index in [2.05, 4.69) is 0 Å². The quantitative estimate of drug-likeness (QED) is 0.906. The number of hydrogen-bond acceptors (Lipinski definition) is 2. The van der Waals surface area contributed by atoms with Crippen LogP contribution in [0.3, 0.4) is 0 Å². The molecule has 0 radical (unpaired) electrons. The van der Waals surface area contributed by atoms with Crippen LogP contribution in [0.15, 0.2) is 23.1 Å². The summed E-state index contributed by atoms with van der Waals surface area (Å²) in [4.78, 5) is 23.0. The van der Waals surface area contributed by atoms with Crippen LogP contribution in [0.1, 0.15) is 29.2 Å². The molecule has 1 aromatic heterocycles. The Labute approximate surface area is 105 Å². The van der Waals surface area contributed by atoms with Crippen molar-refractivity contribution in [1.82, 2.24) is 4.57 Å².